The molecule has 0 fully saturated rings. The van der Waals surface area contributed by atoms with Gasteiger partial charge in [-0.3, -0.25) is 4.40 Å². The normalized spacial score (nSPS) is 11.0. The lowest BCUT2D eigenvalue weighted by molar-refractivity contribution is 0.306. The van der Waals surface area contributed by atoms with Crippen LogP contribution in [0.1, 0.15) is 17.0 Å². The molecule has 5 heteroatoms. The molecule has 0 saturated carbocycles. The lowest BCUT2D eigenvalue weighted by Gasteiger charge is -2.08. The number of ether oxygens (including phenoxy) is 1. The van der Waals surface area contributed by atoms with Gasteiger partial charge in [0.15, 0.2) is 5.15 Å². The first-order valence-corrected chi connectivity index (χ1v) is 10.5. The van der Waals surface area contributed by atoms with Crippen molar-refractivity contribution in [1.29, 1.82) is 0 Å². The van der Waals surface area contributed by atoms with Crippen molar-refractivity contribution in [3.63, 3.8) is 0 Å². The molecule has 0 atom stereocenters. The van der Waals surface area contributed by atoms with Crippen LogP contribution in [-0.4, -0.2) is 14.4 Å². The zero-order chi connectivity index (χ0) is 21.0. The molecule has 0 spiro atoms. The molecule has 152 valence electrons. The van der Waals surface area contributed by atoms with Crippen molar-refractivity contribution in [2.75, 3.05) is 0 Å². The molecule has 0 unspecified atom stereocenters. The fraction of sp³-hybridized carbons (Fsp3) is 0.0769. The van der Waals surface area contributed by atoms with E-state index in [4.69, 9.17) is 21.3 Å². The van der Waals surface area contributed by atoms with Crippen molar-refractivity contribution in [3.8, 4) is 17.0 Å². The summed E-state index contributed by atoms with van der Waals surface area (Å²) in [4.78, 5) is 9.24. The number of halogens is 1. The highest BCUT2D eigenvalue weighted by Gasteiger charge is 2.17. The van der Waals surface area contributed by atoms with Crippen LogP contribution < -0.4 is 4.74 Å². The van der Waals surface area contributed by atoms with Gasteiger partial charge < -0.3 is 4.74 Å². The van der Waals surface area contributed by atoms with Gasteiger partial charge in [0, 0.05) is 24.4 Å². The van der Waals surface area contributed by atoms with Crippen molar-refractivity contribution in [2.45, 2.75) is 13.0 Å². The molecule has 0 radical (unpaired) electrons. The summed E-state index contributed by atoms with van der Waals surface area (Å²) in [5.41, 5.74) is 4.85. The molecular formula is C26H20ClN3O. The summed E-state index contributed by atoms with van der Waals surface area (Å²) in [6.07, 6.45) is 4.31. The first-order valence-electron chi connectivity index (χ1n) is 10.1. The Morgan fingerprint density at radius 2 is 1.58 bits per heavy atom. The van der Waals surface area contributed by atoms with E-state index in [0.717, 1.165) is 33.9 Å². The third-order valence-corrected chi connectivity index (χ3v) is 5.42. The third-order valence-electron chi connectivity index (χ3n) is 5.14. The van der Waals surface area contributed by atoms with Crippen LogP contribution in [0, 0.1) is 0 Å². The summed E-state index contributed by atoms with van der Waals surface area (Å²) in [7, 11) is 0. The van der Waals surface area contributed by atoms with Crippen LogP contribution in [0.4, 0.5) is 0 Å². The van der Waals surface area contributed by atoms with Crippen LogP contribution in [0.3, 0.4) is 0 Å². The van der Waals surface area contributed by atoms with E-state index in [1.807, 2.05) is 83.4 Å². The largest absolute Gasteiger partial charge is 0.489 e. The number of rotatable bonds is 6. The lowest BCUT2D eigenvalue weighted by Crippen LogP contribution is -1.96. The molecule has 3 aromatic carbocycles. The van der Waals surface area contributed by atoms with E-state index in [-0.39, 0.29) is 0 Å². The predicted octanol–water partition coefficient (Wildman–Crippen LogP) is 6.22. The minimum absolute atomic E-state index is 0.430. The highest BCUT2D eigenvalue weighted by Crippen LogP contribution is 2.31. The maximum Gasteiger partial charge on any atom is 0.155 e. The summed E-state index contributed by atoms with van der Waals surface area (Å²) in [5, 5.41) is 0.430. The summed E-state index contributed by atoms with van der Waals surface area (Å²) in [5.74, 6) is 1.70. The first kappa shape index (κ1) is 19.3. The summed E-state index contributed by atoms with van der Waals surface area (Å²) < 4.78 is 8.04. The van der Waals surface area contributed by atoms with E-state index in [0.29, 0.717) is 18.2 Å². The number of hydrogen-bond donors (Lipinski definition) is 0. The maximum atomic E-state index is 6.51. The molecule has 31 heavy (non-hydrogen) atoms. The van der Waals surface area contributed by atoms with Crippen molar-refractivity contribution >= 4 is 17.1 Å². The smallest absolute Gasteiger partial charge is 0.155 e. The monoisotopic (exact) mass is 425 g/mol. The molecular weight excluding hydrogens is 406 g/mol. The molecule has 0 aliphatic heterocycles. The van der Waals surface area contributed by atoms with E-state index in [2.05, 4.69) is 17.1 Å². The maximum absolute atomic E-state index is 6.51. The highest BCUT2D eigenvalue weighted by atomic mass is 35.5. The highest BCUT2D eigenvalue weighted by molar-refractivity contribution is 6.33. The van der Waals surface area contributed by atoms with Crippen LogP contribution in [0.15, 0.2) is 97.3 Å². The van der Waals surface area contributed by atoms with Crippen molar-refractivity contribution < 1.29 is 4.74 Å². The topological polar surface area (TPSA) is 39.4 Å². The minimum Gasteiger partial charge on any atom is -0.489 e. The van der Waals surface area contributed by atoms with E-state index in [9.17, 15) is 0 Å². The van der Waals surface area contributed by atoms with E-state index in [1.165, 1.54) is 5.56 Å². The van der Waals surface area contributed by atoms with Crippen molar-refractivity contribution in [1.82, 2.24) is 14.4 Å². The second kappa shape index (κ2) is 8.62. The lowest BCUT2D eigenvalue weighted by atomic mass is 10.1. The summed E-state index contributed by atoms with van der Waals surface area (Å²) in [6.45, 7) is 0.510. The van der Waals surface area contributed by atoms with Gasteiger partial charge in [0.25, 0.3) is 0 Å². The van der Waals surface area contributed by atoms with Gasteiger partial charge >= 0.3 is 0 Å². The van der Waals surface area contributed by atoms with Gasteiger partial charge in [-0.2, -0.15) is 0 Å². The Morgan fingerprint density at radius 1 is 0.839 bits per heavy atom. The molecule has 4 nitrogen and oxygen atoms in total. The number of aromatic nitrogens is 3. The fourth-order valence-electron chi connectivity index (χ4n) is 3.64. The SMILES string of the molecule is Clc1nccn2c(Cc3ccccc3)nc(-c3cccc(OCc4ccccc4)c3)c12. The van der Waals surface area contributed by atoms with Crippen LogP contribution in [-0.2, 0) is 13.0 Å². The molecule has 5 rings (SSSR count). The standard InChI is InChI=1S/C26H20ClN3O/c27-26-25-24(21-12-7-13-22(17-21)31-18-20-10-5-2-6-11-20)29-23(30(25)15-14-28-26)16-19-8-3-1-4-9-19/h1-15,17H,16,18H2. The van der Waals surface area contributed by atoms with Gasteiger partial charge in [-0.25, -0.2) is 9.97 Å². The molecule has 5 aromatic rings. The van der Waals surface area contributed by atoms with Gasteiger partial charge in [0.2, 0.25) is 0 Å². The minimum atomic E-state index is 0.430. The Labute approximate surface area is 185 Å². The van der Waals surface area contributed by atoms with Gasteiger partial charge in [0.05, 0.1) is 5.69 Å². The molecule has 0 aliphatic rings. The quantitative estimate of drug-likeness (QED) is 0.324. The van der Waals surface area contributed by atoms with Crippen LogP contribution in [0.25, 0.3) is 16.8 Å². The van der Waals surface area contributed by atoms with Crippen LogP contribution >= 0.6 is 11.6 Å². The Bertz CT molecular complexity index is 1320. The predicted molar refractivity (Wildman–Crippen MR) is 123 cm³/mol. The number of hydrogen-bond acceptors (Lipinski definition) is 3. The first-order chi connectivity index (χ1) is 15.3. The summed E-state index contributed by atoms with van der Waals surface area (Å²) in [6, 6.07) is 28.4. The number of benzene rings is 3. The van der Waals surface area contributed by atoms with E-state index in [1.54, 1.807) is 6.20 Å². The molecule has 0 saturated heterocycles. The average Bonchev–Trinajstić information content (AvgIpc) is 3.19. The number of nitrogens with zero attached hydrogens (tertiary/aromatic N) is 3. The van der Waals surface area contributed by atoms with Gasteiger partial charge in [-0.1, -0.05) is 84.4 Å². The van der Waals surface area contributed by atoms with Crippen molar-refractivity contribution in [3.05, 3.63) is 119 Å². The third kappa shape index (κ3) is 4.16. The Hall–Kier alpha value is -3.63. The van der Waals surface area contributed by atoms with Gasteiger partial charge in [0.1, 0.15) is 23.7 Å². The van der Waals surface area contributed by atoms with E-state index < -0.39 is 0 Å². The number of fused-ring (bicyclic) bond motifs is 1. The zero-order valence-electron chi connectivity index (χ0n) is 16.8. The van der Waals surface area contributed by atoms with Gasteiger partial charge in [-0.05, 0) is 23.3 Å². The Morgan fingerprint density at radius 3 is 2.35 bits per heavy atom. The number of imidazole rings is 1. The average molecular weight is 426 g/mol. The van der Waals surface area contributed by atoms with Crippen LogP contribution in [0.5, 0.6) is 5.75 Å². The molecule has 0 N–H and O–H groups in total. The molecule has 0 bridgehead atoms. The van der Waals surface area contributed by atoms with Crippen LogP contribution in [0.2, 0.25) is 5.15 Å². The molecule has 0 aliphatic carbocycles. The Balaban J connectivity index is 1.51. The molecule has 2 aromatic heterocycles. The zero-order valence-corrected chi connectivity index (χ0v) is 17.5. The Kier molecular flexibility index (Phi) is 5.38. The molecule has 2 heterocycles. The summed E-state index contributed by atoms with van der Waals surface area (Å²) >= 11 is 6.51. The van der Waals surface area contributed by atoms with Gasteiger partial charge in [-0.15, -0.1) is 0 Å². The van der Waals surface area contributed by atoms with E-state index >= 15 is 0 Å². The van der Waals surface area contributed by atoms with Crippen molar-refractivity contribution in [2.24, 2.45) is 0 Å². The fourth-order valence-corrected chi connectivity index (χ4v) is 3.88. The molecule has 0 amide bonds. The second-order valence-corrected chi connectivity index (χ2v) is 7.64. The second-order valence-electron chi connectivity index (χ2n) is 7.28.